The van der Waals surface area contributed by atoms with Gasteiger partial charge in [0.15, 0.2) is 5.69 Å². The summed E-state index contributed by atoms with van der Waals surface area (Å²) in [6.07, 6.45) is 1.81. The maximum atomic E-state index is 13.2. The molecule has 0 bridgehead atoms. The molecule has 0 aliphatic rings. The van der Waals surface area contributed by atoms with Crippen molar-refractivity contribution in [3.05, 3.63) is 70.0 Å². The van der Waals surface area contributed by atoms with E-state index in [9.17, 15) is 28.4 Å². The summed E-state index contributed by atoms with van der Waals surface area (Å²) in [5.41, 5.74) is -0.221. The van der Waals surface area contributed by atoms with Crippen molar-refractivity contribution < 1.29 is 32.9 Å². The number of nitrogens with one attached hydrogen (secondary N) is 3. The van der Waals surface area contributed by atoms with Crippen molar-refractivity contribution in [1.29, 1.82) is 5.26 Å². The number of ether oxygens (including phenoxy) is 2. The average molecular weight is 642 g/mol. The highest BCUT2D eigenvalue weighted by Crippen LogP contribution is 2.29. The van der Waals surface area contributed by atoms with Crippen LogP contribution in [0.15, 0.2) is 68.4 Å². The van der Waals surface area contributed by atoms with Gasteiger partial charge in [0.1, 0.15) is 11.6 Å². The minimum Gasteiger partial charge on any atom is -0.493 e. The van der Waals surface area contributed by atoms with Gasteiger partial charge in [0, 0.05) is 30.6 Å². The summed E-state index contributed by atoms with van der Waals surface area (Å²) in [6.45, 7) is 2.01. The molecule has 0 saturated heterocycles. The fourth-order valence-corrected chi connectivity index (χ4v) is 5.02. The number of unbranched alkanes of at least 4 members (excludes halogenated alkanes) is 1. The summed E-state index contributed by atoms with van der Waals surface area (Å²) in [5, 5.41) is 42.6. The van der Waals surface area contributed by atoms with Crippen molar-refractivity contribution in [2.45, 2.75) is 37.8 Å². The second-order valence-electron chi connectivity index (χ2n) is 9.47. The van der Waals surface area contributed by atoms with Gasteiger partial charge in [-0.05, 0) is 55.0 Å². The average Bonchev–Trinajstić information content (AvgIpc) is 3.02. The quantitative estimate of drug-likeness (QED) is 0.114. The van der Waals surface area contributed by atoms with Crippen molar-refractivity contribution in [2.75, 3.05) is 43.5 Å². The summed E-state index contributed by atoms with van der Waals surface area (Å²) in [7, 11) is -2.64. The highest BCUT2D eigenvalue weighted by atomic mass is 32.2. The number of benzene rings is 2. The molecule has 0 saturated carbocycles. The van der Waals surface area contributed by atoms with Crippen molar-refractivity contribution >= 4 is 38.8 Å². The number of methoxy groups -OCH3 is 1. The van der Waals surface area contributed by atoms with Gasteiger partial charge in [0.05, 0.1) is 43.6 Å². The van der Waals surface area contributed by atoms with Crippen LogP contribution < -0.4 is 20.9 Å². The SMILES string of the molecule is CCCCNC(=O)Nc1ccc(NS(=O)(=O)c2ccc(N=Nc3c(COC)c(C#N)c(O)n(CCOCCO)c3=O)cc2)cc1. The number of aromatic nitrogens is 1. The van der Waals surface area contributed by atoms with E-state index in [1.54, 1.807) is 12.1 Å². The number of sulfonamides is 1. The minimum atomic E-state index is -3.98. The number of aliphatic hydroxyl groups is 1. The molecule has 15 nitrogen and oxygen atoms in total. The first-order valence-electron chi connectivity index (χ1n) is 13.9. The van der Waals surface area contributed by atoms with Gasteiger partial charge < -0.3 is 30.3 Å². The molecule has 2 aromatic carbocycles. The number of hydrogen-bond donors (Lipinski definition) is 5. The zero-order valence-corrected chi connectivity index (χ0v) is 25.6. The number of amides is 2. The van der Waals surface area contributed by atoms with Gasteiger partial charge in [-0.1, -0.05) is 13.3 Å². The van der Waals surface area contributed by atoms with Gasteiger partial charge >= 0.3 is 6.03 Å². The summed E-state index contributed by atoms with van der Waals surface area (Å²) >= 11 is 0. The van der Waals surface area contributed by atoms with E-state index in [-0.39, 0.29) is 72.1 Å². The lowest BCUT2D eigenvalue weighted by Gasteiger charge is -2.14. The van der Waals surface area contributed by atoms with Crippen molar-refractivity contribution in [3.63, 3.8) is 0 Å². The number of urea groups is 1. The second kappa shape index (κ2) is 16.9. The lowest BCUT2D eigenvalue weighted by Crippen LogP contribution is -2.29. The number of aromatic hydroxyl groups is 1. The second-order valence-corrected chi connectivity index (χ2v) is 11.2. The third-order valence-corrected chi connectivity index (χ3v) is 7.63. The summed E-state index contributed by atoms with van der Waals surface area (Å²) in [4.78, 5) is 25.0. The van der Waals surface area contributed by atoms with Crippen LogP contribution in [0.1, 0.15) is 30.9 Å². The molecule has 0 spiro atoms. The maximum Gasteiger partial charge on any atom is 0.319 e. The highest BCUT2D eigenvalue weighted by molar-refractivity contribution is 7.92. The van der Waals surface area contributed by atoms with Crippen LogP contribution in [0.2, 0.25) is 0 Å². The first kappa shape index (κ1) is 34.7. The monoisotopic (exact) mass is 641 g/mol. The zero-order valence-electron chi connectivity index (χ0n) is 24.8. The number of pyridine rings is 1. The lowest BCUT2D eigenvalue weighted by molar-refractivity contribution is 0.0853. The molecule has 3 rings (SSSR count). The van der Waals surface area contributed by atoms with Gasteiger partial charge in [0.2, 0.25) is 5.88 Å². The molecule has 0 atom stereocenters. The molecule has 0 aliphatic heterocycles. The van der Waals surface area contributed by atoms with E-state index >= 15 is 0 Å². The van der Waals surface area contributed by atoms with Crippen molar-refractivity contribution in [2.24, 2.45) is 10.2 Å². The third-order valence-electron chi connectivity index (χ3n) is 6.23. The van der Waals surface area contributed by atoms with Crippen LogP contribution in [0.3, 0.4) is 0 Å². The van der Waals surface area contributed by atoms with Crippen LogP contribution in [-0.4, -0.2) is 62.7 Å². The lowest BCUT2D eigenvalue weighted by atomic mass is 10.1. The van der Waals surface area contributed by atoms with Crippen molar-refractivity contribution in [1.82, 2.24) is 9.88 Å². The number of rotatable bonds is 16. The number of carbonyl (C=O) groups is 1. The van der Waals surface area contributed by atoms with Gasteiger partial charge in [-0.15, -0.1) is 5.11 Å². The molecule has 0 fully saturated rings. The van der Waals surface area contributed by atoms with Gasteiger partial charge in [-0.3, -0.25) is 14.1 Å². The standard InChI is InChI=1S/C29H35N7O8S/c1-3-4-13-31-29(40)32-20-5-7-22(8-6-20)35-45(41,42)23-11-9-21(10-12-23)33-34-26-25(19-43-2)24(18-30)27(38)36(28(26)39)14-16-44-17-15-37/h5-12,35,37-38H,3-4,13-17,19H2,1-2H3,(H2,31,32,40). The first-order chi connectivity index (χ1) is 21.6. The summed E-state index contributed by atoms with van der Waals surface area (Å²) in [6, 6.07) is 13.0. The zero-order chi connectivity index (χ0) is 32.8. The predicted molar refractivity (Wildman–Crippen MR) is 165 cm³/mol. The number of nitriles is 1. The third kappa shape index (κ3) is 9.58. The molecule has 240 valence electrons. The van der Waals surface area contributed by atoms with E-state index in [2.05, 4.69) is 25.6 Å². The Kier molecular flexibility index (Phi) is 13.0. The Morgan fingerprint density at radius 3 is 2.38 bits per heavy atom. The largest absolute Gasteiger partial charge is 0.493 e. The molecule has 0 radical (unpaired) electrons. The molecule has 5 N–H and O–H groups in total. The Balaban J connectivity index is 1.78. The van der Waals surface area contributed by atoms with Crippen LogP contribution in [0.5, 0.6) is 5.88 Å². The van der Waals surface area contributed by atoms with E-state index in [4.69, 9.17) is 14.6 Å². The Bertz CT molecular complexity index is 1680. The molecule has 3 aromatic rings. The van der Waals surface area contributed by atoms with Crippen LogP contribution >= 0.6 is 0 Å². The molecule has 1 heterocycles. The molecular weight excluding hydrogens is 606 g/mol. The molecule has 16 heteroatoms. The first-order valence-corrected chi connectivity index (χ1v) is 15.4. The van der Waals surface area contributed by atoms with E-state index < -0.39 is 21.5 Å². The van der Waals surface area contributed by atoms with Crippen LogP contribution in [0, 0.1) is 11.3 Å². The van der Waals surface area contributed by atoms with Crippen LogP contribution in [-0.2, 0) is 32.6 Å². The van der Waals surface area contributed by atoms with E-state index in [0.29, 0.717) is 12.2 Å². The molecular formula is C29H35N7O8S. The molecule has 45 heavy (non-hydrogen) atoms. The number of hydrogen-bond acceptors (Lipinski definition) is 11. The topological polar surface area (TPSA) is 217 Å². The smallest absolute Gasteiger partial charge is 0.319 e. The Hall–Kier alpha value is -4.82. The van der Waals surface area contributed by atoms with Crippen molar-refractivity contribution in [3.8, 4) is 11.9 Å². The van der Waals surface area contributed by atoms with E-state index in [1.807, 2.05) is 13.0 Å². The van der Waals surface area contributed by atoms with E-state index in [0.717, 1.165) is 17.4 Å². The number of azo groups is 1. The summed E-state index contributed by atoms with van der Waals surface area (Å²) in [5.74, 6) is -0.582. The number of nitrogens with zero attached hydrogens (tertiary/aromatic N) is 4. The highest BCUT2D eigenvalue weighted by Gasteiger charge is 2.22. The minimum absolute atomic E-state index is 0.0271. The fraction of sp³-hybridized carbons (Fsp3) is 0.345. The van der Waals surface area contributed by atoms with Gasteiger partial charge in [-0.25, -0.2) is 13.2 Å². The predicted octanol–water partition coefficient (Wildman–Crippen LogP) is 3.72. The molecule has 0 aliphatic carbocycles. The Labute approximate surface area is 260 Å². The molecule has 0 unspecified atom stereocenters. The van der Waals surface area contributed by atoms with Crippen LogP contribution in [0.4, 0.5) is 27.5 Å². The van der Waals surface area contributed by atoms with Gasteiger partial charge in [-0.2, -0.15) is 10.4 Å². The maximum absolute atomic E-state index is 13.2. The molecule has 1 aromatic heterocycles. The Morgan fingerprint density at radius 1 is 1.07 bits per heavy atom. The molecule has 2 amide bonds. The van der Waals surface area contributed by atoms with E-state index in [1.165, 1.54) is 43.5 Å². The summed E-state index contributed by atoms with van der Waals surface area (Å²) < 4.78 is 39.6. The van der Waals surface area contributed by atoms with Crippen LogP contribution in [0.25, 0.3) is 0 Å². The Morgan fingerprint density at radius 2 is 1.76 bits per heavy atom. The number of aliphatic hydroxyl groups excluding tert-OH is 1. The number of carbonyl (C=O) groups excluding carboxylic acids is 1. The van der Waals surface area contributed by atoms with Gasteiger partial charge in [0.25, 0.3) is 15.6 Å². The fourth-order valence-electron chi connectivity index (χ4n) is 3.97. The number of anilines is 2. The normalized spacial score (nSPS) is 11.3.